The van der Waals surface area contributed by atoms with Crippen LogP contribution in [0, 0.1) is 6.92 Å². The summed E-state index contributed by atoms with van der Waals surface area (Å²) in [7, 11) is 0. The fraction of sp³-hybridized carbons (Fsp3) is 0.417. The van der Waals surface area contributed by atoms with Crippen molar-refractivity contribution in [3.63, 3.8) is 0 Å². The zero-order valence-corrected chi connectivity index (χ0v) is 9.22. The van der Waals surface area contributed by atoms with Gasteiger partial charge in [0.2, 0.25) is 0 Å². The minimum atomic E-state index is -0.831. The van der Waals surface area contributed by atoms with E-state index in [0.29, 0.717) is 13.2 Å². The molecule has 16 heavy (non-hydrogen) atoms. The Morgan fingerprint density at radius 2 is 2.25 bits per heavy atom. The average molecular weight is 221 g/mol. The first-order valence-electron chi connectivity index (χ1n) is 5.33. The largest absolute Gasteiger partial charge is 0.480 e. The number of carboxylic acids is 1. The molecule has 1 unspecified atom stereocenters. The molecule has 1 fully saturated rings. The Balaban J connectivity index is 2.30. The minimum Gasteiger partial charge on any atom is -0.480 e. The van der Waals surface area contributed by atoms with Crippen molar-refractivity contribution in [1.29, 1.82) is 0 Å². The SMILES string of the molecule is Cc1ccccc1N1CCOCC1C(=O)O. The maximum atomic E-state index is 11.1. The first-order chi connectivity index (χ1) is 7.70. The van der Waals surface area contributed by atoms with Gasteiger partial charge in [0, 0.05) is 12.2 Å². The van der Waals surface area contributed by atoms with Crippen molar-refractivity contribution in [1.82, 2.24) is 0 Å². The van der Waals surface area contributed by atoms with Crippen molar-refractivity contribution < 1.29 is 14.6 Å². The lowest BCUT2D eigenvalue weighted by Crippen LogP contribution is -2.50. The Morgan fingerprint density at radius 3 is 2.94 bits per heavy atom. The van der Waals surface area contributed by atoms with Crippen molar-refractivity contribution >= 4 is 11.7 Å². The van der Waals surface area contributed by atoms with Crippen molar-refractivity contribution in [3.05, 3.63) is 29.8 Å². The van der Waals surface area contributed by atoms with Gasteiger partial charge >= 0.3 is 5.97 Å². The van der Waals surface area contributed by atoms with E-state index in [2.05, 4.69) is 0 Å². The smallest absolute Gasteiger partial charge is 0.328 e. The number of morpholine rings is 1. The van der Waals surface area contributed by atoms with Crippen LogP contribution in [0.2, 0.25) is 0 Å². The summed E-state index contributed by atoms with van der Waals surface area (Å²) in [5.41, 5.74) is 2.08. The standard InChI is InChI=1S/C12H15NO3/c1-9-4-2-3-5-10(9)13-6-7-16-8-11(13)12(14)15/h2-5,11H,6-8H2,1H3,(H,14,15). The van der Waals surface area contributed by atoms with Gasteiger partial charge in [-0.25, -0.2) is 4.79 Å². The second kappa shape index (κ2) is 4.53. The monoisotopic (exact) mass is 221 g/mol. The van der Waals surface area contributed by atoms with E-state index >= 15 is 0 Å². The molecular formula is C12H15NO3. The lowest BCUT2D eigenvalue weighted by molar-refractivity contribution is -0.141. The van der Waals surface area contributed by atoms with Gasteiger partial charge in [-0.05, 0) is 18.6 Å². The third-order valence-corrected chi connectivity index (χ3v) is 2.84. The lowest BCUT2D eigenvalue weighted by Gasteiger charge is -2.35. The molecule has 1 heterocycles. The molecule has 0 radical (unpaired) electrons. The Labute approximate surface area is 94.4 Å². The molecule has 0 amide bonds. The van der Waals surface area contributed by atoms with Gasteiger partial charge < -0.3 is 14.7 Å². The van der Waals surface area contributed by atoms with E-state index in [1.165, 1.54) is 0 Å². The maximum absolute atomic E-state index is 11.1. The van der Waals surface area contributed by atoms with Crippen molar-refractivity contribution in [2.45, 2.75) is 13.0 Å². The van der Waals surface area contributed by atoms with Gasteiger partial charge in [0.15, 0.2) is 6.04 Å². The first-order valence-corrected chi connectivity index (χ1v) is 5.33. The second-order valence-corrected chi connectivity index (χ2v) is 3.91. The van der Waals surface area contributed by atoms with Crippen LogP contribution in [0.25, 0.3) is 0 Å². The van der Waals surface area contributed by atoms with Gasteiger partial charge in [0.1, 0.15) is 0 Å². The molecule has 1 N–H and O–H groups in total. The van der Waals surface area contributed by atoms with E-state index in [-0.39, 0.29) is 6.61 Å². The van der Waals surface area contributed by atoms with Crippen LogP contribution in [0.15, 0.2) is 24.3 Å². The molecule has 4 heteroatoms. The molecule has 0 aromatic heterocycles. The molecule has 0 saturated carbocycles. The summed E-state index contributed by atoms with van der Waals surface area (Å²) in [6, 6.07) is 7.25. The van der Waals surface area contributed by atoms with E-state index in [1.807, 2.05) is 36.1 Å². The molecule has 0 spiro atoms. The molecule has 1 aromatic rings. The predicted molar refractivity (Wildman–Crippen MR) is 60.8 cm³/mol. The van der Waals surface area contributed by atoms with Gasteiger partial charge in [-0.3, -0.25) is 0 Å². The quantitative estimate of drug-likeness (QED) is 0.817. The summed E-state index contributed by atoms with van der Waals surface area (Å²) in [6.07, 6.45) is 0. The molecule has 1 atom stereocenters. The Hall–Kier alpha value is -1.55. The number of carboxylic acid groups (broad SMARTS) is 1. The van der Waals surface area contributed by atoms with Crippen molar-refractivity contribution in [3.8, 4) is 0 Å². The van der Waals surface area contributed by atoms with Crippen LogP contribution in [-0.4, -0.2) is 36.9 Å². The van der Waals surface area contributed by atoms with Gasteiger partial charge in [0.25, 0.3) is 0 Å². The number of aliphatic carboxylic acids is 1. The van der Waals surface area contributed by atoms with E-state index in [4.69, 9.17) is 9.84 Å². The zero-order valence-electron chi connectivity index (χ0n) is 9.22. The van der Waals surface area contributed by atoms with Crippen LogP contribution in [0.4, 0.5) is 5.69 Å². The summed E-state index contributed by atoms with van der Waals surface area (Å²) in [5.74, 6) is -0.831. The molecule has 0 aliphatic carbocycles. The number of rotatable bonds is 2. The summed E-state index contributed by atoms with van der Waals surface area (Å²) < 4.78 is 5.21. The molecular weight excluding hydrogens is 206 g/mol. The highest BCUT2D eigenvalue weighted by molar-refractivity contribution is 5.79. The number of hydrogen-bond donors (Lipinski definition) is 1. The summed E-state index contributed by atoms with van der Waals surface area (Å²) in [6.45, 7) is 3.45. The molecule has 1 saturated heterocycles. The van der Waals surface area contributed by atoms with Gasteiger partial charge in [-0.2, -0.15) is 0 Å². The second-order valence-electron chi connectivity index (χ2n) is 3.91. The summed E-state index contributed by atoms with van der Waals surface area (Å²) in [4.78, 5) is 13.0. The molecule has 2 rings (SSSR count). The highest BCUT2D eigenvalue weighted by Crippen LogP contribution is 2.23. The normalized spacial score (nSPS) is 20.8. The van der Waals surface area contributed by atoms with Crippen LogP contribution in [0.1, 0.15) is 5.56 Å². The highest BCUT2D eigenvalue weighted by Gasteiger charge is 2.29. The number of anilines is 1. The van der Waals surface area contributed by atoms with Crippen LogP contribution in [-0.2, 0) is 9.53 Å². The number of hydrogen-bond acceptors (Lipinski definition) is 3. The van der Waals surface area contributed by atoms with E-state index in [0.717, 1.165) is 11.3 Å². The number of aryl methyl sites for hydroxylation is 1. The molecule has 0 bridgehead atoms. The van der Waals surface area contributed by atoms with Crippen LogP contribution >= 0.6 is 0 Å². The fourth-order valence-electron chi connectivity index (χ4n) is 1.98. The lowest BCUT2D eigenvalue weighted by atomic mass is 10.1. The van der Waals surface area contributed by atoms with Crippen molar-refractivity contribution in [2.75, 3.05) is 24.7 Å². The number of benzene rings is 1. The molecule has 86 valence electrons. The molecule has 1 aromatic carbocycles. The molecule has 4 nitrogen and oxygen atoms in total. The fourth-order valence-corrected chi connectivity index (χ4v) is 1.98. The average Bonchev–Trinajstić information content (AvgIpc) is 2.29. The van der Waals surface area contributed by atoms with Gasteiger partial charge in [0.05, 0.1) is 13.2 Å². The van der Waals surface area contributed by atoms with Crippen LogP contribution in [0.3, 0.4) is 0 Å². The predicted octanol–water partition coefficient (Wildman–Crippen LogP) is 1.28. The topological polar surface area (TPSA) is 49.8 Å². The summed E-state index contributed by atoms with van der Waals surface area (Å²) >= 11 is 0. The third-order valence-electron chi connectivity index (χ3n) is 2.84. The van der Waals surface area contributed by atoms with E-state index in [9.17, 15) is 4.79 Å². The first kappa shape index (κ1) is 11.0. The number of nitrogens with zero attached hydrogens (tertiary/aromatic N) is 1. The van der Waals surface area contributed by atoms with Crippen molar-refractivity contribution in [2.24, 2.45) is 0 Å². The Bertz CT molecular complexity index is 392. The number of para-hydroxylation sites is 1. The van der Waals surface area contributed by atoms with E-state index < -0.39 is 12.0 Å². The van der Waals surface area contributed by atoms with Gasteiger partial charge in [-0.1, -0.05) is 18.2 Å². The van der Waals surface area contributed by atoms with Gasteiger partial charge in [-0.15, -0.1) is 0 Å². The number of ether oxygens (including phenoxy) is 1. The van der Waals surface area contributed by atoms with Crippen LogP contribution < -0.4 is 4.90 Å². The van der Waals surface area contributed by atoms with E-state index in [1.54, 1.807) is 0 Å². The zero-order chi connectivity index (χ0) is 11.5. The van der Waals surface area contributed by atoms with Crippen LogP contribution in [0.5, 0.6) is 0 Å². The minimum absolute atomic E-state index is 0.254. The Kier molecular flexibility index (Phi) is 3.10. The summed E-state index contributed by atoms with van der Waals surface area (Å²) in [5, 5.41) is 9.14. The third kappa shape index (κ3) is 2.02. The highest BCUT2D eigenvalue weighted by atomic mass is 16.5. The number of carbonyl (C=O) groups is 1. The Morgan fingerprint density at radius 1 is 1.50 bits per heavy atom. The molecule has 1 aliphatic heterocycles. The maximum Gasteiger partial charge on any atom is 0.328 e. The molecule has 1 aliphatic rings.